The predicted molar refractivity (Wildman–Crippen MR) is 52.7 cm³/mol. The molecule has 0 aromatic rings. The Morgan fingerprint density at radius 3 is 2.29 bits per heavy atom. The highest BCUT2D eigenvalue weighted by Gasteiger charge is 2.06. The normalized spacial score (nSPS) is 11.6. The molecule has 0 unspecified atom stereocenters. The largest absolute Gasteiger partial charge is 0.478 e. The zero-order valence-electron chi connectivity index (χ0n) is 8.78. The predicted octanol–water partition coefficient (Wildman–Crippen LogP) is -0.550. The molecule has 0 radical (unpaired) electrons. The Morgan fingerprint density at radius 1 is 1.29 bits per heavy atom. The summed E-state index contributed by atoms with van der Waals surface area (Å²) in [5, 5.41) is 10.8. The van der Waals surface area contributed by atoms with Gasteiger partial charge in [-0.3, -0.25) is 4.79 Å². The molecule has 0 aliphatic heterocycles. The van der Waals surface area contributed by atoms with Crippen molar-refractivity contribution in [2.75, 3.05) is 34.2 Å². The first-order chi connectivity index (χ1) is 6.31. The summed E-state index contributed by atoms with van der Waals surface area (Å²) in [4.78, 5) is 21.0. The van der Waals surface area contributed by atoms with Crippen LogP contribution in [0.15, 0.2) is 12.2 Å². The number of likely N-dealkylation sites (N-methyl/N-ethyl adjacent to an activating group) is 1. The van der Waals surface area contributed by atoms with Crippen LogP contribution in [0, 0.1) is 0 Å². The van der Waals surface area contributed by atoms with Crippen LogP contribution in [0.1, 0.15) is 0 Å². The van der Waals surface area contributed by atoms with Gasteiger partial charge < -0.3 is 14.9 Å². The Hall–Kier alpha value is -1.36. The Balaban J connectivity index is 3.71. The van der Waals surface area contributed by atoms with Crippen LogP contribution >= 0.6 is 0 Å². The van der Waals surface area contributed by atoms with E-state index in [9.17, 15) is 9.59 Å². The van der Waals surface area contributed by atoms with Gasteiger partial charge in [0.15, 0.2) is 0 Å². The van der Waals surface area contributed by atoms with E-state index in [2.05, 4.69) is 5.32 Å². The fraction of sp³-hybridized carbons (Fsp3) is 0.556. The summed E-state index contributed by atoms with van der Waals surface area (Å²) in [6.45, 7) is 1.33. The maximum atomic E-state index is 11.0. The second kappa shape index (κ2) is 5.39. The molecule has 0 aromatic carbocycles. The Bertz CT molecular complexity index is 241. The average molecular weight is 201 g/mol. The SMILES string of the molecule is C[N+](C)(C)CCNC(=O)/C=C\C(=O)O. The van der Waals surface area contributed by atoms with Gasteiger partial charge in [-0.1, -0.05) is 0 Å². The molecular weight excluding hydrogens is 184 g/mol. The Labute approximate surface area is 83.6 Å². The van der Waals surface area contributed by atoms with Crippen LogP contribution in [0.2, 0.25) is 0 Å². The highest BCUT2D eigenvalue weighted by atomic mass is 16.4. The molecule has 0 fully saturated rings. The Kier molecular flexibility index (Phi) is 4.86. The van der Waals surface area contributed by atoms with Crippen molar-refractivity contribution in [1.82, 2.24) is 5.32 Å². The summed E-state index contributed by atoms with van der Waals surface area (Å²) in [7, 11) is 6.04. The van der Waals surface area contributed by atoms with Gasteiger partial charge in [0.2, 0.25) is 5.91 Å². The molecule has 0 atom stereocenters. The van der Waals surface area contributed by atoms with Crippen LogP contribution in [-0.2, 0) is 9.59 Å². The summed E-state index contributed by atoms with van der Waals surface area (Å²) in [6.07, 6.45) is 1.83. The first-order valence-electron chi connectivity index (χ1n) is 4.30. The van der Waals surface area contributed by atoms with E-state index in [1.54, 1.807) is 0 Å². The van der Waals surface area contributed by atoms with E-state index in [0.29, 0.717) is 6.54 Å². The third-order valence-electron chi connectivity index (χ3n) is 1.46. The number of amides is 1. The van der Waals surface area contributed by atoms with E-state index in [0.717, 1.165) is 23.2 Å². The quantitative estimate of drug-likeness (QED) is 0.463. The third-order valence-corrected chi connectivity index (χ3v) is 1.46. The van der Waals surface area contributed by atoms with Gasteiger partial charge in [0, 0.05) is 12.2 Å². The number of carboxylic acids is 1. The van der Waals surface area contributed by atoms with E-state index >= 15 is 0 Å². The maximum Gasteiger partial charge on any atom is 0.328 e. The van der Waals surface area contributed by atoms with E-state index in [1.165, 1.54) is 0 Å². The van der Waals surface area contributed by atoms with Crippen LogP contribution in [0.5, 0.6) is 0 Å². The number of carbonyl (C=O) groups is 2. The lowest BCUT2D eigenvalue weighted by atomic mass is 10.4. The lowest BCUT2D eigenvalue weighted by Gasteiger charge is -2.23. The first-order valence-corrected chi connectivity index (χ1v) is 4.30. The van der Waals surface area contributed by atoms with E-state index in [4.69, 9.17) is 5.11 Å². The van der Waals surface area contributed by atoms with Crippen molar-refractivity contribution in [3.8, 4) is 0 Å². The van der Waals surface area contributed by atoms with Gasteiger partial charge in [0.05, 0.1) is 34.2 Å². The molecule has 0 aliphatic carbocycles. The van der Waals surface area contributed by atoms with Crippen molar-refractivity contribution >= 4 is 11.9 Å². The molecule has 0 rings (SSSR count). The van der Waals surface area contributed by atoms with E-state index in [-0.39, 0.29) is 5.91 Å². The van der Waals surface area contributed by atoms with Crippen LogP contribution < -0.4 is 5.32 Å². The molecule has 2 N–H and O–H groups in total. The van der Waals surface area contributed by atoms with Crippen LogP contribution in [0.4, 0.5) is 0 Å². The minimum Gasteiger partial charge on any atom is -0.478 e. The molecule has 0 aliphatic rings. The highest BCUT2D eigenvalue weighted by Crippen LogP contribution is 1.86. The van der Waals surface area contributed by atoms with Crippen molar-refractivity contribution in [2.24, 2.45) is 0 Å². The summed E-state index contributed by atoms with van der Waals surface area (Å²) < 4.78 is 0.753. The summed E-state index contributed by atoms with van der Waals surface area (Å²) in [6, 6.07) is 0. The van der Waals surface area contributed by atoms with Crippen molar-refractivity contribution in [1.29, 1.82) is 0 Å². The lowest BCUT2D eigenvalue weighted by molar-refractivity contribution is -0.869. The summed E-state index contributed by atoms with van der Waals surface area (Å²) in [5.41, 5.74) is 0. The molecule has 0 bridgehead atoms. The van der Waals surface area contributed by atoms with E-state index in [1.807, 2.05) is 21.1 Å². The molecule has 5 heteroatoms. The second-order valence-corrected chi connectivity index (χ2v) is 3.98. The van der Waals surface area contributed by atoms with Crippen LogP contribution in [0.3, 0.4) is 0 Å². The number of hydrogen-bond acceptors (Lipinski definition) is 2. The van der Waals surface area contributed by atoms with Gasteiger partial charge in [-0.15, -0.1) is 0 Å². The van der Waals surface area contributed by atoms with Gasteiger partial charge in [-0.25, -0.2) is 4.79 Å². The van der Waals surface area contributed by atoms with E-state index < -0.39 is 5.97 Å². The number of quaternary nitrogens is 1. The molecule has 0 saturated carbocycles. The number of carboxylic acid groups (broad SMARTS) is 1. The fourth-order valence-corrected chi connectivity index (χ4v) is 0.720. The van der Waals surface area contributed by atoms with Gasteiger partial charge in [0.25, 0.3) is 0 Å². The maximum absolute atomic E-state index is 11.0. The minimum absolute atomic E-state index is 0.374. The van der Waals surface area contributed by atoms with Gasteiger partial charge in [0.1, 0.15) is 0 Å². The van der Waals surface area contributed by atoms with Crippen LogP contribution in [0.25, 0.3) is 0 Å². The standard InChI is InChI=1S/C9H16N2O3/c1-11(2,3)7-6-10-8(12)4-5-9(13)14/h4-5H,6-7H2,1-3H3,(H-,10,12,13,14)/p+1/b5-4-. The topological polar surface area (TPSA) is 66.4 Å². The van der Waals surface area contributed by atoms with Gasteiger partial charge in [-0.2, -0.15) is 0 Å². The molecule has 0 saturated heterocycles. The zero-order valence-corrected chi connectivity index (χ0v) is 8.78. The number of nitrogens with zero attached hydrogens (tertiary/aromatic N) is 1. The minimum atomic E-state index is -1.12. The molecule has 5 nitrogen and oxygen atoms in total. The van der Waals surface area contributed by atoms with Gasteiger partial charge >= 0.3 is 5.97 Å². The Morgan fingerprint density at radius 2 is 1.86 bits per heavy atom. The number of hydrogen-bond donors (Lipinski definition) is 2. The zero-order chi connectivity index (χ0) is 11.2. The number of carbonyl (C=O) groups excluding carboxylic acids is 1. The monoisotopic (exact) mass is 201 g/mol. The van der Waals surface area contributed by atoms with Crippen molar-refractivity contribution in [2.45, 2.75) is 0 Å². The third kappa shape index (κ3) is 8.73. The van der Waals surface area contributed by atoms with Crippen LogP contribution in [-0.4, -0.2) is 55.7 Å². The highest BCUT2D eigenvalue weighted by molar-refractivity contribution is 5.93. The molecular formula is C9H17N2O3+. The molecule has 0 aromatic heterocycles. The molecule has 0 heterocycles. The first kappa shape index (κ1) is 12.6. The fourth-order valence-electron chi connectivity index (χ4n) is 0.720. The van der Waals surface area contributed by atoms with Crippen molar-refractivity contribution in [3.63, 3.8) is 0 Å². The smallest absolute Gasteiger partial charge is 0.328 e. The lowest BCUT2D eigenvalue weighted by Crippen LogP contribution is -2.41. The second-order valence-electron chi connectivity index (χ2n) is 3.98. The molecule has 1 amide bonds. The summed E-state index contributed by atoms with van der Waals surface area (Å²) >= 11 is 0. The van der Waals surface area contributed by atoms with Gasteiger partial charge in [-0.05, 0) is 0 Å². The molecule has 0 spiro atoms. The number of aliphatic carboxylic acids is 1. The molecule has 80 valence electrons. The number of rotatable bonds is 5. The molecule has 14 heavy (non-hydrogen) atoms. The number of nitrogens with one attached hydrogen (secondary N) is 1. The van der Waals surface area contributed by atoms with Crippen molar-refractivity contribution < 1.29 is 19.2 Å². The van der Waals surface area contributed by atoms with Crippen molar-refractivity contribution in [3.05, 3.63) is 12.2 Å². The average Bonchev–Trinajstić information content (AvgIpc) is 1.98. The summed E-state index contributed by atoms with van der Waals surface area (Å²) in [5.74, 6) is -1.49.